The van der Waals surface area contributed by atoms with Gasteiger partial charge in [0.1, 0.15) is 11.9 Å². The number of pyridine rings is 1. The van der Waals surface area contributed by atoms with Crippen molar-refractivity contribution in [3.05, 3.63) is 102 Å². The summed E-state index contributed by atoms with van der Waals surface area (Å²) in [6.07, 6.45) is 4.92. The molecular weight excluding hydrogens is 588 g/mol. The lowest BCUT2D eigenvalue weighted by Gasteiger charge is -2.42. The van der Waals surface area contributed by atoms with Gasteiger partial charge < -0.3 is 23.8 Å². The molecule has 2 heterocycles. The molecule has 1 aliphatic heterocycles. The van der Waals surface area contributed by atoms with Gasteiger partial charge in [-0.2, -0.15) is 0 Å². The quantitative estimate of drug-likeness (QED) is 0.129. The molecule has 3 aromatic rings. The molecule has 0 saturated carbocycles. The summed E-state index contributed by atoms with van der Waals surface area (Å²) in [4.78, 5) is 21.0. The van der Waals surface area contributed by atoms with Gasteiger partial charge in [-0.15, -0.1) is 13.2 Å². The summed E-state index contributed by atoms with van der Waals surface area (Å²) in [5.74, 6) is 0.343. The zero-order chi connectivity index (χ0) is 34.2. The van der Waals surface area contributed by atoms with E-state index in [1.54, 1.807) is 6.08 Å². The van der Waals surface area contributed by atoms with Gasteiger partial charge in [0.15, 0.2) is 6.10 Å². The summed E-state index contributed by atoms with van der Waals surface area (Å²) in [6.45, 7) is 23.8. The Bertz CT molecular complexity index is 1500. The van der Waals surface area contributed by atoms with Crippen LogP contribution in [0.1, 0.15) is 88.6 Å². The van der Waals surface area contributed by atoms with E-state index < -0.39 is 17.7 Å². The van der Waals surface area contributed by atoms with Crippen LogP contribution in [-0.4, -0.2) is 48.5 Å². The van der Waals surface area contributed by atoms with Crippen LogP contribution in [0.2, 0.25) is 0 Å². The Morgan fingerprint density at radius 1 is 1.00 bits per heavy atom. The average Bonchev–Trinajstić information content (AvgIpc) is 3.03. The first-order valence-corrected chi connectivity index (χ1v) is 16.7. The largest absolute Gasteiger partial charge is 0.485 e. The SMILES string of the molecule is C=CCOC1(C)CCN(c2c(-c3ccc(OC(CC=C)c4ccccc4)cc3)c(C)nc(C)c2[C@H](OC(C)(C)C)C(=O)OCC)CC1. The van der Waals surface area contributed by atoms with Gasteiger partial charge in [0.25, 0.3) is 0 Å². The minimum atomic E-state index is -0.949. The topological polar surface area (TPSA) is 70.1 Å². The molecule has 0 radical (unpaired) electrons. The lowest BCUT2D eigenvalue weighted by molar-refractivity contribution is -0.166. The highest BCUT2D eigenvalue weighted by molar-refractivity contribution is 5.88. The molecule has 0 aliphatic carbocycles. The summed E-state index contributed by atoms with van der Waals surface area (Å²) in [5.41, 5.74) is 5.48. The highest BCUT2D eigenvalue weighted by atomic mass is 16.6. The molecule has 0 spiro atoms. The Kier molecular flexibility index (Phi) is 12.0. The van der Waals surface area contributed by atoms with E-state index in [1.165, 1.54) is 0 Å². The van der Waals surface area contributed by atoms with Gasteiger partial charge in [-0.25, -0.2) is 4.79 Å². The number of hydrogen-bond acceptors (Lipinski definition) is 7. The first kappa shape index (κ1) is 35.9. The van der Waals surface area contributed by atoms with Gasteiger partial charge in [0.2, 0.25) is 0 Å². The van der Waals surface area contributed by atoms with E-state index in [1.807, 2.05) is 78.0 Å². The number of benzene rings is 2. The van der Waals surface area contributed by atoms with Crippen molar-refractivity contribution in [1.29, 1.82) is 0 Å². The monoisotopic (exact) mass is 640 g/mol. The van der Waals surface area contributed by atoms with Gasteiger partial charge >= 0.3 is 5.97 Å². The number of carbonyl (C=O) groups excluding carboxylic acids is 1. The predicted octanol–water partition coefficient (Wildman–Crippen LogP) is 9.04. The van der Waals surface area contributed by atoms with Crippen molar-refractivity contribution in [3.8, 4) is 16.9 Å². The standard InChI is InChI=1S/C40H52N2O5/c1-10-16-33(30-17-14-13-15-18-30)46-32-21-19-31(20-22-32)34-28(4)41-29(5)35(37(38(43)44-12-3)47-39(6,7)8)36(34)42-25-23-40(9,24-26-42)45-27-11-2/h10-11,13-15,17-22,33,37H,1-2,12,16,23-27H2,3-9H3/t33?,37-/m0/s1. The summed E-state index contributed by atoms with van der Waals surface area (Å²) in [7, 11) is 0. The first-order valence-electron chi connectivity index (χ1n) is 16.7. The first-order chi connectivity index (χ1) is 22.4. The normalized spacial score (nSPS) is 15.9. The van der Waals surface area contributed by atoms with Crippen LogP contribution in [0.15, 0.2) is 79.9 Å². The van der Waals surface area contributed by atoms with Crippen molar-refractivity contribution in [2.45, 2.75) is 91.1 Å². The van der Waals surface area contributed by atoms with Crippen LogP contribution in [0.25, 0.3) is 11.1 Å². The Labute approximate surface area is 281 Å². The number of aryl methyl sites for hydroxylation is 2. The molecule has 0 N–H and O–H groups in total. The van der Waals surface area contributed by atoms with Gasteiger partial charge in [-0.1, -0.05) is 54.6 Å². The zero-order valence-corrected chi connectivity index (χ0v) is 29.3. The molecule has 252 valence electrons. The van der Waals surface area contributed by atoms with Crippen molar-refractivity contribution < 1.29 is 23.7 Å². The van der Waals surface area contributed by atoms with Crippen LogP contribution >= 0.6 is 0 Å². The van der Waals surface area contributed by atoms with Crippen molar-refractivity contribution in [3.63, 3.8) is 0 Å². The third-order valence-electron chi connectivity index (χ3n) is 8.47. The summed E-state index contributed by atoms with van der Waals surface area (Å²) in [6, 6.07) is 18.3. The number of piperidine rings is 1. The van der Waals surface area contributed by atoms with Gasteiger partial charge in [0, 0.05) is 42.0 Å². The molecular formula is C40H52N2O5. The Morgan fingerprint density at radius 2 is 1.66 bits per heavy atom. The number of aromatic nitrogens is 1. The molecule has 2 atom stereocenters. The highest BCUT2D eigenvalue weighted by Crippen LogP contribution is 2.45. The van der Waals surface area contributed by atoms with E-state index in [-0.39, 0.29) is 18.3 Å². The third-order valence-corrected chi connectivity index (χ3v) is 8.47. The fraction of sp³-hybridized carbons (Fsp3) is 0.450. The maximum absolute atomic E-state index is 13.6. The molecule has 7 nitrogen and oxygen atoms in total. The van der Waals surface area contributed by atoms with Crippen LogP contribution in [0.5, 0.6) is 5.75 Å². The molecule has 1 aromatic heterocycles. The van der Waals surface area contributed by atoms with Crippen LogP contribution < -0.4 is 9.64 Å². The molecule has 0 amide bonds. The molecule has 47 heavy (non-hydrogen) atoms. The van der Waals surface area contributed by atoms with Crippen molar-refractivity contribution in [2.24, 2.45) is 0 Å². The van der Waals surface area contributed by atoms with Crippen LogP contribution in [0, 0.1) is 13.8 Å². The minimum absolute atomic E-state index is 0.143. The average molecular weight is 641 g/mol. The van der Waals surface area contributed by atoms with Gasteiger partial charge in [-0.05, 0) is 84.6 Å². The Hall–Kier alpha value is -3.94. The number of carbonyl (C=O) groups is 1. The predicted molar refractivity (Wildman–Crippen MR) is 190 cm³/mol. The maximum Gasteiger partial charge on any atom is 0.340 e. The van der Waals surface area contributed by atoms with Crippen LogP contribution in [0.4, 0.5) is 5.69 Å². The molecule has 4 rings (SSSR count). The van der Waals surface area contributed by atoms with Crippen molar-refractivity contribution in [2.75, 3.05) is 31.2 Å². The third kappa shape index (κ3) is 9.11. The molecule has 1 fully saturated rings. The second-order valence-electron chi connectivity index (χ2n) is 13.4. The number of nitrogens with zero attached hydrogens (tertiary/aromatic N) is 2. The maximum atomic E-state index is 13.6. The second kappa shape index (κ2) is 15.8. The van der Waals surface area contributed by atoms with E-state index in [4.69, 9.17) is 23.9 Å². The van der Waals surface area contributed by atoms with Crippen molar-refractivity contribution >= 4 is 11.7 Å². The fourth-order valence-corrected chi connectivity index (χ4v) is 6.17. The van der Waals surface area contributed by atoms with Gasteiger partial charge in [-0.3, -0.25) is 4.98 Å². The van der Waals surface area contributed by atoms with E-state index in [9.17, 15) is 4.79 Å². The van der Waals surface area contributed by atoms with E-state index in [0.717, 1.165) is 71.0 Å². The number of esters is 1. The fourth-order valence-electron chi connectivity index (χ4n) is 6.17. The molecule has 7 heteroatoms. The molecule has 1 saturated heterocycles. The lowest BCUT2D eigenvalue weighted by Crippen LogP contribution is -2.45. The van der Waals surface area contributed by atoms with Crippen molar-refractivity contribution in [1.82, 2.24) is 4.98 Å². The number of rotatable bonds is 14. The smallest absolute Gasteiger partial charge is 0.340 e. The van der Waals surface area contributed by atoms with Crippen LogP contribution in [0.3, 0.4) is 0 Å². The number of anilines is 1. The zero-order valence-electron chi connectivity index (χ0n) is 29.3. The number of hydrogen-bond donors (Lipinski definition) is 0. The molecule has 1 aliphatic rings. The second-order valence-corrected chi connectivity index (χ2v) is 13.4. The Morgan fingerprint density at radius 3 is 2.23 bits per heavy atom. The van der Waals surface area contributed by atoms with E-state index >= 15 is 0 Å². The number of ether oxygens (including phenoxy) is 4. The van der Waals surface area contributed by atoms with Crippen LogP contribution in [-0.2, 0) is 19.0 Å². The lowest BCUT2D eigenvalue weighted by atomic mass is 9.89. The molecule has 2 aromatic carbocycles. The van der Waals surface area contributed by atoms with E-state index in [2.05, 4.69) is 49.2 Å². The molecule has 1 unspecified atom stereocenters. The van der Waals surface area contributed by atoms with E-state index in [0.29, 0.717) is 13.0 Å². The summed E-state index contributed by atoms with van der Waals surface area (Å²) in [5, 5.41) is 0. The molecule has 0 bridgehead atoms. The summed E-state index contributed by atoms with van der Waals surface area (Å²) >= 11 is 0. The highest BCUT2D eigenvalue weighted by Gasteiger charge is 2.38. The minimum Gasteiger partial charge on any atom is -0.485 e. The van der Waals surface area contributed by atoms with Gasteiger partial charge in [0.05, 0.1) is 30.1 Å². The summed E-state index contributed by atoms with van der Waals surface area (Å²) < 4.78 is 24.8. The Balaban J connectivity index is 1.82.